The maximum absolute atomic E-state index is 10.6. The molecule has 0 atom stereocenters. The van der Waals surface area contributed by atoms with E-state index < -0.39 is 23.3 Å². The number of carbonyl (C=O) groups excluding carboxylic acids is 2. The summed E-state index contributed by atoms with van der Waals surface area (Å²) in [7, 11) is 0. The lowest BCUT2D eigenvalue weighted by Gasteiger charge is -2.20. The normalized spacial score (nSPS) is 10.0. The summed E-state index contributed by atoms with van der Waals surface area (Å²) < 4.78 is 4.09. The molecule has 116 valence electrons. The predicted octanol–water partition coefficient (Wildman–Crippen LogP) is -0.923. The minimum absolute atomic E-state index is 0.181. The molecule has 0 aliphatic carbocycles. The maximum Gasteiger partial charge on any atom is 0.337 e. The third-order valence-corrected chi connectivity index (χ3v) is 2.07. The SMILES string of the molecule is C=CC(=O)OC(=O)CCC(=O)O.CC(CO)(CO)CO. The van der Waals surface area contributed by atoms with Crippen LogP contribution < -0.4 is 0 Å². The number of ether oxygens (including phenoxy) is 1. The number of carbonyl (C=O) groups is 3. The molecule has 0 amide bonds. The summed E-state index contributed by atoms with van der Waals surface area (Å²) in [5.41, 5.74) is -0.708. The number of hydrogen-bond donors (Lipinski definition) is 4. The largest absolute Gasteiger partial charge is 0.481 e. The van der Waals surface area contributed by atoms with Crippen LogP contribution in [0, 0.1) is 5.41 Å². The Hall–Kier alpha value is -1.77. The Morgan fingerprint density at radius 2 is 1.55 bits per heavy atom. The molecule has 0 spiro atoms. The van der Waals surface area contributed by atoms with E-state index in [0.29, 0.717) is 0 Å². The van der Waals surface area contributed by atoms with Crippen molar-refractivity contribution in [1.82, 2.24) is 0 Å². The van der Waals surface area contributed by atoms with Gasteiger partial charge in [-0.3, -0.25) is 9.59 Å². The number of aliphatic carboxylic acids is 1. The van der Waals surface area contributed by atoms with Gasteiger partial charge in [0, 0.05) is 11.5 Å². The molecule has 20 heavy (non-hydrogen) atoms. The fourth-order valence-electron chi connectivity index (χ4n) is 0.564. The lowest BCUT2D eigenvalue weighted by atomic mass is 9.95. The van der Waals surface area contributed by atoms with Gasteiger partial charge in [0.05, 0.1) is 32.7 Å². The maximum atomic E-state index is 10.6. The van der Waals surface area contributed by atoms with Gasteiger partial charge in [-0.25, -0.2) is 4.79 Å². The van der Waals surface area contributed by atoms with Crippen LogP contribution in [0.3, 0.4) is 0 Å². The molecule has 8 nitrogen and oxygen atoms in total. The van der Waals surface area contributed by atoms with Crippen molar-refractivity contribution in [2.24, 2.45) is 5.41 Å². The highest BCUT2D eigenvalue weighted by molar-refractivity contribution is 5.92. The molecule has 0 rings (SSSR count). The Bertz CT molecular complexity index is 324. The molecule has 0 saturated carbocycles. The van der Waals surface area contributed by atoms with Crippen molar-refractivity contribution in [3.05, 3.63) is 12.7 Å². The van der Waals surface area contributed by atoms with Crippen LogP contribution in [0.4, 0.5) is 0 Å². The van der Waals surface area contributed by atoms with Gasteiger partial charge >= 0.3 is 17.9 Å². The fraction of sp³-hybridized carbons (Fsp3) is 0.583. The molecule has 4 N–H and O–H groups in total. The Balaban J connectivity index is 0. The molecule has 0 aromatic carbocycles. The van der Waals surface area contributed by atoms with Gasteiger partial charge in [-0.15, -0.1) is 0 Å². The molecule has 0 unspecified atom stereocenters. The van der Waals surface area contributed by atoms with Gasteiger partial charge in [0.2, 0.25) is 0 Å². The van der Waals surface area contributed by atoms with Crippen LogP contribution in [-0.2, 0) is 19.1 Å². The van der Waals surface area contributed by atoms with Crippen molar-refractivity contribution in [1.29, 1.82) is 0 Å². The third kappa shape index (κ3) is 11.3. The first-order valence-electron chi connectivity index (χ1n) is 5.66. The lowest BCUT2D eigenvalue weighted by Crippen LogP contribution is -2.29. The van der Waals surface area contributed by atoms with E-state index in [-0.39, 0.29) is 32.7 Å². The molecular weight excluding hydrogens is 272 g/mol. The van der Waals surface area contributed by atoms with Gasteiger partial charge < -0.3 is 25.2 Å². The average Bonchev–Trinajstić information content (AvgIpc) is 2.44. The number of esters is 2. The first-order chi connectivity index (χ1) is 9.24. The Morgan fingerprint density at radius 1 is 1.10 bits per heavy atom. The number of carboxylic acid groups (broad SMARTS) is 1. The fourth-order valence-corrected chi connectivity index (χ4v) is 0.564. The van der Waals surface area contributed by atoms with Crippen molar-refractivity contribution >= 4 is 17.9 Å². The smallest absolute Gasteiger partial charge is 0.337 e. The van der Waals surface area contributed by atoms with Crippen molar-refractivity contribution in [3.63, 3.8) is 0 Å². The Morgan fingerprint density at radius 3 is 1.80 bits per heavy atom. The lowest BCUT2D eigenvalue weighted by molar-refractivity contribution is -0.157. The van der Waals surface area contributed by atoms with Crippen molar-refractivity contribution < 1.29 is 39.5 Å². The molecule has 0 heterocycles. The number of aliphatic hydroxyl groups is 3. The van der Waals surface area contributed by atoms with Crippen molar-refractivity contribution in [3.8, 4) is 0 Å². The quantitative estimate of drug-likeness (QED) is 0.268. The topological polar surface area (TPSA) is 141 Å². The summed E-state index contributed by atoms with van der Waals surface area (Å²) in [5.74, 6) is -2.84. The van der Waals surface area contributed by atoms with Crippen LogP contribution in [0.25, 0.3) is 0 Å². The second-order valence-corrected chi connectivity index (χ2v) is 4.18. The molecule has 0 aliphatic rings. The van der Waals surface area contributed by atoms with Gasteiger partial charge in [-0.1, -0.05) is 13.5 Å². The summed E-state index contributed by atoms with van der Waals surface area (Å²) >= 11 is 0. The van der Waals surface area contributed by atoms with Crippen LogP contribution in [-0.4, -0.2) is 58.2 Å². The first kappa shape index (κ1) is 20.5. The van der Waals surface area contributed by atoms with E-state index in [0.717, 1.165) is 6.08 Å². The summed E-state index contributed by atoms with van der Waals surface area (Å²) in [5, 5.41) is 33.5. The molecule has 0 saturated heterocycles. The van der Waals surface area contributed by atoms with Gasteiger partial charge in [0.1, 0.15) is 0 Å². The Labute approximate surface area is 116 Å². The minimum atomic E-state index is -1.11. The highest BCUT2D eigenvalue weighted by Gasteiger charge is 2.20. The summed E-state index contributed by atoms with van der Waals surface area (Å²) in [6.07, 6.45) is 0.177. The van der Waals surface area contributed by atoms with Crippen LogP contribution in [0.5, 0.6) is 0 Å². The van der Waals surface area contributed by atoms with E-state index in [9.17, 15) is 14.4 Å². The van der Waals surface area contributed by atoms with Crippen LogP contribution in [0.1, 0.15) is 19.8 Å². The van der Waals surface area contributed by atoms with Crippen LogP contribution >= 0.6 is 0 Å². The van der Waals surface area contributed by atoms with Crippen molar-refractivity contribution in [2.45, 2.75) is 19.8 Å². The molecule has 0 aromatic rings. The van der Waals surface area contributed by atoms with Gasteiger partial charge in [0.25, 0.3) is 0 Å². The summed E-state index contributed by atoms with van der Waals surface area (Å²) in [6.45, 7) is 4.13. The monoisotopic (exact) mass is 292 g/mol. The molecule has 0 radical (unpaired) electrons. The molecular formula is C12H20O8. The minimum Gasteiger partial charge on any atom is -0.481 e. The zero-order valence-electron chi connectivity index (χ0n) is 11.2. The van der Waals surface area contributed by atoms with E-state index in [2.05, 4.69) is 11.3 Å². The first-order valence-corrected chi connectivity index (χ1v) is 5.66. The van der Waals surface area contributed by atoms with Crippen molar-refractivity contribution in [2.75, 3.05) is 19.8 Å². The van der Waals surface area contributed by atoms with Gasteiger partial charge in [0.15, 0.2) is 0 Å². The highest BCUT2D eigenvalue weighted by atomic mass is 16.6. The van der Waals surface area contributed by atoms with E-state index in [1.54, 1.807) is 6.92 Å². The number of carboxylic acids is 1. The molecule has 0 aromatic heterocycles. The molecule has 0 fully saturated rings. The van der Waals surface area contributed by atoms with Gasteiger partial charge in [-0.05, 0) is 0 Å². The van der Waals surface area contributed by atoms with E-state index in [4.69, 9.17) is 20.4 Å². The Kier molecular flexibility index (Phi) is 11.4. The number of aliphatic hydroxyl groups excluding tert-OH is 3. The highest BCUT2D eigenvalue weighted by Crippen LogP contribution is 2.10. The van der Waals surface area contributed by atoms with Crippen LogP contribution in [0.15, 0.2) is 12.7 Å². The van der Waals surface area contributed by atoms with Gasteiger partial charge in [-0.2, -0.15) is 0 Å². The van der Waals surface area contributed by atoms with E-state index in [1.807, 2.05) is 0 Å². The summed E-state index contributed by atoms with van der Waals surface area (Å²) in [4.78, 5) is 30.9. The second-order valence-electron chi connectivity index (χ2n) is 4.18. The summed E-state index contributed by atoms with van der Waals surface area (Å²) in [6, 6.07) is 0. The van der Waals surface area contributed by atoms with Crippen LogP contribution in [0.2, 0.25) is 0 Å². The predicted molar refractivity (Wildman–Crippen MR) is 67.5 cm³/mol. The molecule has 0 bridgehead atoms. The van der Waals surface area contributed by atoms with E-state index in [1.165, 1.54) is 0 Å². The third-order valence-electron chi connectivity index (χ3n) is 2.07. The van der Waals surface area contributed by atoms with E-state index >= 15 is 0 Å². The second kappa shape index (κ2) is 11.1. The number of hydrogen-bond acceptors (Lipinski definition) is 7. The molecule has 0 aliphatic heterocycles. The standard InChI is InChI=1S/C7H8O5.C5H12O3/c1-2-6(10)12-7(11)4-3-5(8)9;1-5(2-6,3-7)4-8/h2H,1,3-4H2,(H,8,9);6-8H,2-4H2,1H3. The zero-order chi connectivity index (χ0) is 16.2. The average molecular weight is 292 g/mol. The number of rotatable bonds is 7. The zero-order valence-corrected chi connectivity index (χ0v) is 11.2. The molecule has 8 heteroatoms.